The summed E-state index contributed by atoms with van der Waals surface area (Å²) in [6.45, 7) is 0.246. The number of aromatic hydroxyl groups is 1. The number of thioether (sulfide) groups is 1. The molecule has 0 atom stereocenters. The molecule has 0 unspecified atom stereocenters. The highest BCUT2D eigenvalue weighted by atomic mass is 32.2. The van der Waals surface area contributed by atoms with Gasteiger partial charge in [0.1, 0.15) is 5.75 Å². The van der Waals surface area contributed by atoms with Crippen molar-refractivity contribution in [2.45, 2.75) is 4.90 Å². The fourth-order valence-electron chi connectivity index (χ4n) is 1.73. The van der Waals surface area contributed by atoms with Gasteiger partial charge in [-0.2, -0.15) is 0 Å². The van der Waals surface area contributed by atoms with E-state index in [2.05, 4.69) is 11.2 Å². The molecular formula is C15H13NO2S. The first kappa shape index (κ1) is 13.3. The van der Waals surface area contributed by atoms with Crippen LogP contribution >= 0.6 is 11.8 Å². The van der Waals surface area contributed by atoms with Gasteiger partial charge in [-0.25, -0.2) is 0 Å². The van der Waals surface area contributed by atoms with Gasteiger partial charge in [0.05, 0.1) is 12.3 Å². The lowest BCUT2D eigenvalue weighted by atomic mass is 10.1. The summed E-state index contributed by atoms with van der Waals surface area (Å²) in [5.41, 5.74) is 0. The number of amides is 1. The third-order valence-electron chi connectivity index (χ3n) is 2.61. The molecule has 2 aromatic carbocycles. The maximum Gasteiger partial charge on any atom is 0.231 e. The van der Waals surface area contributed by atoms with Gasteiger partial charge in [0.25, 0.3) is 0 Å². The second kappa shape index (κ2) is 6.17. The summed E-state index contributed by atoms with van der Waals surface area (Å²) in [6, 6.07) is 11.0. The van der Waals surface area contributed by atoms with Crippen LogP contribution in [-0.4, -0.2) is 23.3 Å². The van der Waals surface area contributed by atoms with Gasteiger partial charge in [-0.3, -0.25) is 4.79 Å². The zero-order valence-electron chi connectivity index (χ0n) is 10.2. The average Bonchev–Trinajstić information content (AvgIpc) is 2.45. The Bertz CT molecular complexity index is 646. The Morgan fingerprint density at radius 1 is 1.26 bits per heavy atom. The number of phenolic OH excluding ortho intramolecular Hbond substituents is 1. The average molecular weight is 271 g/mol. The molecular weight excluding hydrogens is 258 g/mol. The number of carbonyl (C=O) groups is 1. The number of terminal acetylenes is 1. The van der Waals surface area contributed by atoms with Crippen LogP contribution in [0.3, 0.4) is 0 Å². The number of hydrogen-bond donors (Lipinski definition) is 2. The van der Waals surface area contributed by atoms with Crippen molar-refractivity contribution in [3.8, 4) is 18.1 Å². The van der Waals surface area contributed by atoms with Crippen LogP contribution in [-0.2, 0) is 4.79 Å². The van der Waals surface area contributed by atoms with E-state index >= 15 is 0 Å². The molecule has 0 heterocycles. The molecule has 19 heavy (non-hydrogen) atoms. The zero-order valence-corrected chi connectivity index (χ0v) is 11.0. The highest BCUT2D eigenvalue weighted by Crippen LogP contribution is 2.32. The predicted molar refractivity (Wildman–Crippen MR) is 78.2 cm³/mol. The van der Waals surface area contributed by atoms with Crippen molar-refractivity contribution in [1.82, 2.24) is 5.32 Å². The maximum atomic E-state index is 11.5. The number of benzene rings is 2. The first-order valence-corrected chi connectivity index (χ1v) is 6.74. The van der Waals surface area contributed by atoms with Gasteiger partial charge >= 0.3 is 0 Å². The molecule has 0 aliphatic carbocycles. The van der Waals surface area contributed by atoms with Crippen LogP contribution in [0.25, 0.3) is 10.8 Å². The second-order valence-electron chi connectivity index (χ2n) is 3.90. The van der Waals surface area contributed by atoms with Crippen molar-refractivity contribution >= 4 is 28.4 Å². The van der Waals surface area contributed by atoms with Crippen LogP contribution in [0.15, 0.2) is 41.3 Å². The van der Waals surface area contributed by atoms with Crippen LogP contribution < -0.4 is 5.32 Å². The summed E-state index contributed by atoms with van der Waals surface area (Å²) in [6.07, 6.45) is 5.08. The summed E-state index contributed by atoms with van der Waals surface area (Å²) < 4.78 is 0. The molecule has 3 nitrogen and oxygen atoms in total. The first-order chi connectivity index (χ1) is 9.22. The largest absolute Gasteiger partial charge is 0.507 e. The van der Waals surface area contributed by atoms with Crippen molar-refractivity contribution < 1.29 is 9.90 Å². The van der Waals surface area contributed by atoms with E-state index in [4.69, 9.17) is 6.42 Å². The van der Waals surface area contributed by atoms with Gasteiger partial charge in [0.15, 0.2) is 0 Å². The first-order valence-electron chi connectivity index (χ1n) is 5.76. The van der Waals surface area contributed by atoms with E-state index < -0.39 is 0 Å². The van der Waals surface area contributed by atoms with Gasteiger partial charge in [0.2, 0.25) is 5.91 Å². The monoisotopic (exact) mass is 271 g/mol. The Kier molecular flexibility index (Phi) is 4.32. The molecule has 1 amide bonds. The van der Waals surface area contributed by atoms with Gasteiger partial charge in [0, 0.05) is 10.3 Å². The van der Waals surface area contributed by atoms with E-state index in [1.54, 1.807) is 6.07 Å². The van der Waals surface area contributed by atoms with Gasteiger partial charge in [-0.1, -0.05) is 30.2 Å². The summed E-state index contributed by atoms with van der Waals surface area (Å²) in [5.74, 6) is 2.81. The summed E-state index contributed by atoms with van der Waals surface area (Å²) >= 11 is 1.43. The number of hydrogen-bond acceptors (Lipinski definition) is 3. The van der Waals surface area contributed by atoms with Crippen molar-refractivity contribution in [2.24, 2.45) is 0 Å². The molecule has 0 radical (unpaired) electrons. The topological polar surface area (TPSA) is 49.3 Å². The number of rotatable bonds is 4. The molecule has 0 spiro atoms. The molecule has 0 aliphatic rings. The van der Waals surface area contributed by atoms with E-state index in [1.807, 2.05) is 30.3 Å². The number of phenols is 1. The molecule has 0 aliphatic heterocycles. The molecule has 0 fully saturated rings. The van der Waals surface area contributed by atoms with Crippen LogP contribution in [0.5, 0.6) is 5.75 Å². The number of fused-ring (bicyclic) bond motifs is 1. The molecule has 0 aromatic heterocycles. The highest BCUT2D eigenvalue weighted by molar-refractivity contribution is 8.00. The standard InChI is InChI=1S/C15H13NO2S/c1-2-9-16-15(18)10-19-14-8-7-13(17)11-5-3-4-6-12(11)14/h1,3-8,17H,9-10H2,(H,16,18). The Hall–Kier alpha value is -2.12. The van der Waals surface area contributed by atoms with E-state index in [9.17, 15) is 9.90 Å². The van der Waals surface area contributed by atoms with Crippen LogP contribution in [0.4, 0.5) is 0 Å². The fourth-order valence-corrected chi connectivity index (χ4v) is 2.61. The minimum atomic E-state index is -0.0971. The lowest BCUT2D eigenvalue weighted by molar-refractivity contribution is -0.118. The van der Waals surface area contributed by atoms with E-state index in [-0.39, 0.29) is 18.2 Å². The smallest absolute Gasteiger partial charge is 0.231 e. The highest BCUT2D eigenvalue weighted by Gasteiger charge is 2.07. The van der Waals surface area contributed by atoms with E-state index in [0.717, 1.165) is 15.7 Å². The molecule has 2 aromatic rings. The Balaban J connectivity index is 2.16. The Morgan fingerprint density at radius 3 is 2.74 bits per heavy atom. The number of nitrogens with one attached hydrogen (secondary N) is 1. The van der Waals surface area contributed by atoms with Gasteiger partial charge in [-0.05, 0) is 17.5 Å². The van der Waals surface area contributed by atoms with Crippen LogP contribution in [0, 0.1) is 12.3 Å². The second-order valence-corrected chi connectivity index (χ2v) is 4.92. The fraction of sp³-hybridized carbons (Fsp3) is 0.133. The lowest BCUT2D eigenvalue weighted by Crippen LogP contribution is -2.25. The minimum Gasteiger partial charge on any atom is -0.507 e. The molecule has 2 N–H and O–H groups in total. The zero-order chi connectivity index (χ0) is 13.7. The lowest BCUT2D eigenvalue weighted by Gasteiger charge is -2.07. The molecule has 0 saturated heterocycles. The Labute approximate surface area is 116 Å². The molecule has 96 valence electrons. The molecule has 4 heteroatoms. The maximum absolute atomic E-state index is 11.5. The van der Waals surface area contributed by atoms with Crippen molar-refractivity contribution in [3.05, 3.63) is 36.4 Å². The van der Waals surface area contributed by atoms with E-state index in [0.29, 0.717) is 5.75 Å². The normalized spacial score (nSPS) is 10.1. The third kappa shape index (κ3) is 3.21. The molecule has 0 bridgehead atoms. The summed E-state index contributed by atoms with van der Waals surface area (Å²) in [4.78, 5) is 12.5. The minimum absolute atomic E-state index is 0.0971. The molecule has 2 rings (SSSR count). The van der Waals surface area contributed by atoms with Crippen LogP contribution in [0.2, 0.25) is 0 Å². The predicted octanol–water partition coefficient (Wildman–Crippen LogP) is 2.39. The quantitative estimate of drug-likeness (QED) is 0.663. The van der Waals surface area contributed by atoms with Crippen molar-refractivity contribution in [3.63, 3.8) is 0 Å². The van der Waals surface area contributed by atoms with Gasteiger partial charge < -0.3 is 10.4 Å². The van der Waals surface area contributed by atoms with Crippen LogP contribution in [0.1, 0.15) is 0 Å². The third-order valence-corrected chi connectivity index (χ3v) is 3.68. The SMILES string of the molecule is C#CCNC(=O)CSc1ccc(O)c2ccccc12. The number of carbonyl (C=O) groups excluding carboxylic acids is 1. The van der Waals surface area contributed by atoms with Crippen molar-refractivity contribution in [1.29, 1.82) is 0 Å². The summed E-state index contributed by atoms with van der Waals surface area (Å²) in [7, 11) is 0. The van der Waals surface area contributed by atoms with Gasteiger partial charge in [-0.15, -0.1) is 18.2 Å². The molecule has 0 saturated carbocycles. The van der Waals surface area contributed by atoms with E-state index in [1.165, 1.54) is 11.8 Å². The van der Waals surface area contributed by atoms with Crippen molar-refractivity contribution in [2.75, 3.05) is 12.3 Å². The summed E-state index contributed by atoms with van der Waals surface area (Å²) in [5, 5.41) is 14.1. The Morgan fingerprint density at radius 2 is 2.00 bits per heavy atom.